The van der Waals surface area contributed by atoms with Gasteiger partial charge in [-0.3, -0.25) is 5.32 Å². The first-order valence-electron chi connectivity index (χ1n) is 7.81. The van der Waals surface area contributed by atoms with Crippen LogP contribution in [0.5, 0.6) is 0 Å². The lowest BCUT2D eigenvalue weighted by molar-refractivity contribution is -0.149. The van der Waals surface area contributed by atoms with Gasteiger partial charge in [0.15, 0.2) is 0 Å². The van der Waals surface area contributed by atoms with Gasteiger partial charge in [-0.2, -0.15) is 0 Å². The summed E-state index contributed by atoms with van der Waals surface area (Å²) in [5, 5.41) is 3.56. The number of hydrogen-bond acceptors (Lipinski definition) is 3. The first kappa shape index (κ1) is 14.5. The molecule has 0 radical (unpaired) electrons. The van der Waals surface area contributed by atoms with Crippen LogP contribution in [0.4, 0.5) is 4.39 Å². The van der Waals surface area contributed by atoms with Crippen LogP contribution in [0.2, 0.25) is 0 Å². The fraction of sp³-hybridized carbons (Fsp3) is 0.588. The molecule has 0 heterocycles. The molecule has 0 amide bonds. The number of rotatable bonds is 3. The molecule has 0 bridgehead atoms. The van der Waals surface area contributed by atoms with E-state index < -0.39 is 5.54 Å². The van der Waals surface area contributed by atoms with Crippen molar-refractivity contribution in [2.24, 2.45) is 0 Å². The Kier molecular flexibility index (Phi) is 3.98. The average Bonchev–Trinajstić information content (AvgIpc) is 2.86. The highest BCUT2D eigenvalue weighted by atomic mass is 19.1. The Balaban J connectivity index is 1.94. The van der Waals surface area contributed by atoms with Crippen molar-refractivity contribution >= 4 is 5.97 Å². The summed E-state index contributed by atoms with van der Waals surface area (Å²) in [6, 6.07) is 5.06. The van der Waals surface area contributed by atoms with Gasteiger partial charge in [0.1, 0.15) is 11.4 Å². The zero-order valence-electron chi connectivity index (χ0n) is 12.5. The molecular formula is C17H22FNO2. The van der Waals surface area contributed by atoms with Crippen LogP contribution in [0, 0.1) is 5.82 Å². The fourth-order valence-electron chi connectivity index (χ4n) is 3.83. The van der Waals surface area contributed by atoms with Crippen molar-refractivity contribution in [3.8, 4) is 0 Å². The van der Waals surface area contributed by atoms with Gasteiger partial charge in [-0.15, -0.1) is 0 Å². The van der Waals surface area contributed by atoms with Crippen molar-refractivity contribution in [1.82, 2.24) is 5.32 Å². The van der Waals surface area contributed by atoms with Crippen LogP contribution in [0.15, 0.2) is 18.2 Å². The highest BCUT2D eigenvalue weighted by Gasteiger charge is 2.47. The van der Waals surface area contributed by atoms with Gasteiger partial charge in [0, 0.05) is 6.04 Å². The summed E-state index contributed by atoms with van der Waals surface area (Å²) < 4.78 is 18.5. The summed E-state index contributed by atoms with van der Waals surface area (Å²) in [5.41, 5.74) is 1.02. The van der Waals surface area contributed by atoms with E-state index >= 15 is 0 Å². The Morgan fingerprint density at radius 2 is 2.10 bits per heavy atom. The zero-order valence-corrected chi connectivity index (χ0v) is 12.5. The van der Waals surface area contributed by atoms with Crippen molar-refractivity contribution in [2.75, 3.05) is 7.11 Å². The minimum atomic E-state index is -0.792. The van der Waals surface area contributed by atoms with E-state index in [0.717, 1.165) is 24.0 Å². The van der Waals surface area contributed by atoms with Crippen LogP contribution in [0.1, 0.15) is 49.7 Å². The van der Waals surface area contributed by atoms with Crippen molar-refractivity contribution in [3.63, 3.8) is 0 Å². The summed E-state index contributed by atoms with van der Waals surface area (Å²) >= 11 is 0. The lowest BCUT2D eigenvalue weighted by Crippen LogP contribution is -2.53. The van der Waals surface area contributed by atoms with Gasteiger partial charge in [0.2, 0.25) is 0 Å². The Labute approximate surface area is 124 Å². The number of esters is 1. The summed E-state index contributed by atoms with van der Waals surface area (Å²) in [6.07, 6.45) is 7.21. The number of nitrogens with one attached hydrogen (secondary N) is 1. The number of methoxy groups -OCH3 is 1. The molecule has 1 saturated carbocycles. The van der Waals surface area contributed by atoms with Gasteiger partial charge in [-0.05, 0) is 48.9 Å². The molecule has 1 aromatic rings. The second kappa shape index (κ2) is 5.76. The molecule has 0 aliphatic heterocycles. The number of aryl methyl sites for hydroxylation is 1. The number of ether oxygens (including phenoxy) is 1. The molecule has 3 nitrogen and oxygen atoms in total. The van der Waals surface area contributed by atoms with Crippen molar-refractivity contribution in [3.05, 3.63) is 35.1 Å². The smallest absolute Gasteiger partial charge is 0.330 e. The van der Waals surface area contributed by atoms with E-state index in [2.05, 4.69) is 5.32 Å². The quantitative estimate of drug-likeness (QED) is 0.870. The first-order chi connectivity index (χ1) is 10.2. The Bertz CT molecular complexity index is 540. The lowest BCUT2D eigenvalue weighted by Gasteiger charge is -2.35. The topological polar surface area (TPSA) is 38.3 Å². The first-order valence-corrected chi connectivity index (χ1v) is 7.81. The van der Waals surface area contributed by atoms with Gasteiger partial charge < -0.3 is 4.74 Å². The molecule has 114 valence electrons. The molecule has 4 heteroatoms. The van der Waals surface area contributed by atoms with Gasteiger partial charge in [0.25, 0.3) is 0 Å². The van der Waals surface area contributed by atoms with Gasteiger partial charge in [-0.1, -0.05) is 25.3 Å². The van der Waals surface area contributed by atoms with E-state index in [1.165, 1.54) is 32.4 Å². The summed E-state index contributed by atoms with van der Waals surface area (Å²) in [7, 11) is 1.42. The molecule has 0 spiro atoms. The molecule has 1 aromatic carbocycles. The Morgan fingerprint density at radius 3 is 2.81 bits per heavy atom. The molecule has 0 saturated heterocycles. The summed E-state index contributed by atoms with van der Waals surface area (Å²) in [5.74, 6) is -0.495. The average molecular weight is 291 g/mol. The molecule has 3 rings (SSSR count). The van der Waals surface area contributed by atoms with E-state index in [-0.39, 0.29) is 11.8 Å². The van der Waals surface area contributed by atoms with E-state index in [0.29, 0.717) is 18.9 Å². The fourth-order valence-corrected chi connectivity index (χ4v) is 3.83. The predicted molar refractivity (Wildman–Crippen MR) is 78.4 cm³/mol. The minimum Gasteiger partial charge on any atom is -0.467 e. The zero-order chi connectivity index (χ0) is 14.9. The number of carbonyl (C=O) groups is 1. The molecule has 2 aliphatic carbocycles. The third kappa shape index (κ3) is 2.57. The van der Waals surface area contributed by atoms with Crippen molar-refractivity contribution in [1.29, 1.82) is 0 Å². The maximum absolute atomic E-state index is 13.4. The van der Waals surface area contributed by atoms with Crippen LogP contribution >= 0.6 is 0 Å². The summed E-state index contributed by atoms with van der Waals surface area (Å²) in [6.45, 7) is 0. The molecule has 2 aliphatic rings. The monoisotopic (exact) mass is 291 g/mol. The number of carbonyl (C=O) groups excluding carboxylic acids is 1. The number of hydrogen-bond donors (Lipinski definition) is 1. The number of benzene rings is 1. The molecule has 21 heavy (non-hydrogen) atoms. The molecule has 1 unspecified atom stereocenters. The third-order valence-corrected chi connectivity index (χ3v) is 4.89. The van der Waals surface area contributed by atoms with Crippen LogP contribution in [-0.4, -0.2) is 19.1 Å². The van der Waals surface area contributed by atoms with Crippen molar-refractivity contribution < 1.29 is 13.9 Å². The highest BCUT2D eigenvalue weighted by Crippen LogP contribution is 2.39. The molecule has 0 aromatic heterocycles. The maximum Gasteiger partial charge on any atom is 0.330 e. The number of halogens is 1. The number of fused-ring (bicyclic) bond motifs is 1. The minimum absolute atomic E-state index is 0.243. The van der Waals surface area contributed by atoms with Gasteiger partial charge >= 0.3 is 5.97 Å². The van der Waals surface area contributed by atoms with Gasteiger partial charge in [0.05, 0.1) is 7.11 Å². The van der Waals surface area contributed by atoms with Crippen molar-refractivity contribution in [2.45, 2.75) is 56.5 Å². The predicted octanol–water partition coefficient (Wildman–Crippen LogP) is 3.06. The van der Waals surface area contributed by atoms with Crippen LogP contribution in [0.3, 0.4) is 0 Å². The normalized spacial score (nSPS) is 25.6. The standard InChI is InChI=1S/C17H22FNO2/c1-21-16(20)17(19-14-5-3-2-4-6-14)10-9-12-11-13(18)7-8-15(12)17/h7-8,11,14,19H,2-6,9-10H2,1H3. The van der Waals surface area contributed by atoms with Crippen LogP contribution in [-0.2, 0) is 21.5 Å². The van der Waals surface area contributed by atoms with Gasteiger partial charge in [-0.25, -0.2) is 9.18 Å². The van der Waals surface area contributed by atoms with E-state index in [9.17, 15) is 9.18 Å². The third-order valence-electron chi connectivity index (χ3n) is 4.89. The second-order valence-corrected chi connectivity index (χ2v) is 6.18. The molecule has 1 fully saturated rings. The maximum atomic E-state index is 13.4. The van der Waals surface area contributed by atoms with E-state index in [4.69, 9.17) is 4.74 Å². The lowest BCUT2D eigenvalue weighted by atomic mass is 9.87. The molecular weight excluding hydrogens is 269 g/mol. The SMILES string of the molecule is COC(=O)C1(NC2CCCCC2)CCc2cc(F)ccc21. The summed E-state index contributed by atoms with van der Waals surface area (Å²) in [4.78, 5) is 12.5. The molecule has 1 N–H and O–H groups in total. The van der Waals surface area contributed by atoms with Crippen LogP contribution < -0.4 is 5.32 Å². The van der Waals surface area contributed by atoms with Crippen LogP contribution in [0.25, 0.3) is 0 Å². The van der Waals surface area contributed by atoms with E-state index in [1.54, 1.807) is 12.1 Å². The Morgan fingerprint density at radius 1 is 1.33 bits per heavy atom. The molecule has 1 atom stereocenters. The largest absolute Gasteiger partial charge is 0.467 e. The highest BCUT2D eigenvalue weighted by molar-refractivity contribution is 5.84. The Hall–Kier alpha value is -1.42. The second-order valence-electron chi connectivity index (χ2n) is 6.18. The van der Waals surface area contributed by atoms with E-state index in [1.807, 2.05) is 0 Å².